The third-order valence-electron chi connectivity index (χ3n) is 6.30. The van der Waals surface area contributed by atoms with E-state index in [-0.39, 0.29) is 45.8 Å². The minimum atomic E-state index is -4.24. The Balaban J connectivity index is 1.62. The first-order chi connectivity index (χ1) is 19.1. The predicted octanol–water partition coefficient (Wildman–Crippen LogP) is 4.39. The Kier molecular flexibility index (Phi) is 9.01. The van der Waals surface area contributed by atoms with Crippen LogP contribution in [0.1, 0.15) is 46.4 Å². The van der Waals surface area contributed by atoms with Crippen molar-refractivity contribution in [1.29, 1.82) is 0 Å². The van der Waals surface area contributed by atoms with Gasteiger partial charge in [0.1, 0.15) is 17.1 Å². The van der Waals surface area contributed by atoms with Gasteiger partial charge < -0.3 is 33.9 Å². The van der Waals surface area contributed by atoms with Gasteiger partial charge in [-0.15, -0.1) is 0 Å². The monoisotopic (exact) mass is 568 g/mol. The lowest BCUT2D eigenvalue weighted by Crippen LogP contribution is -2.25. The number of phenolic OH excluding ortho intramolecular Hbond substituents is 1. The Morgan fingerprint density at radius 1 is 1.00 bits per heavy atom. The van der Waals surface area contributed by atoms with E-state index < -0.39 is 19.7 Å². The second-order valence-electron chi connectivity index (χ2n) is 8.98. The molecule has 1 aliphatic heterocycles. The molecule has 1 amide bonds. The highest BCUT2D eigenvalue weighted by molar-refractivity contribution is 7.45. The minimum absolute atomic E-state index is 0.00318. The van der Waals surface area contributed by atoms with Gasteiger partial charge in [0.05, 0.1) is 12.2 Å². The van der Waals surface area contributed by atoms with Crippen molar-refractivity contribution in [2.75, 3.05) is 20.3 Å². The molecule has 1 unspecified atom stereocenters. The molecule has 3 N–H and O–H groups in total. The number of amides is 1. The molecular weight excluding hydrogens is 541 g/mol. The van der Waals surface area contributed by atoms with Crippen LogP contribution >= 0.6 is 7.82 Å². The van der Waals surface area contributed by atoms with Crippen molar-refractivity contribution in [2.24, 2.45) is 0 Å². The SMILES string of the molecule is COP(=O)([O-])OCCCCCCNC(=O)c1cccc(C(=O)O)c1-c1c2ccc(=O)cc-2oc2cc(O)ccc12. The van der Waals surface area contributed by atoms with Gasteiger partial charge in [-0.05, 0) is 49.2 Å². The fourth-order valence-electron chi connectivity index (χ4n) is 4.42. The predicted molar refractivity (Wildman–Crippen MR) is 145 cm³/mol. The molecule has 4 rings (SSSR count). The van der Waals surface area contributed by atoms with Crippen LogP contribution in [0.4, 0.5) is 0 Å². The zero-order valence-corrected chi connectivity index (χ0v) is 22.4. The second-order valence-corrected chi connectivity index (χ2v) is 10.5. The number of phenols is 1. The lowest BCUT2D eigenvalue weighted by Gasteiger charge is -2.20. The van der Waals surface area contributed by atoms with Gasteiger partial charge in [-0.25, -0.2) is 4.79 Å². The average Bonchev–Trinajstić information content (AvgIpc) is 2.92. The fourth-order valence-corrected chi connectivity index (χ4v) is 4.88. The molecular formula is C28H27NO10P-. The number of carbonyl (C=O) groups excluding carboxylic acids is 1. The van der Waals surface area contributed by atoms with Gasteiger partial charge in [-0.1, -0.05) is 18.9 Å². The summed E-state index contributed by atoms with van der Waals surface area (Å²) >= 11 is 0. The van der Waals surface area contributed by atoms with E-state index in [2.05, 4.69) is 14.4 Å². The number of phosphoric ester groups is 1. The molecule has 2 aromatic rings. The normalized spacial score (nSPS) is 12.8. The number of aromatic hydroxyl groups is 1. The van der Waals surface area contributed by atoms with Crippen LogP contribution in [0.3, 0.4) is 0 Å². The molecule has 0 spiro atoms. The van der Waals surface area contributed by atoms with E-state index in [1.54, 1.807) is 6.07 Å². The number of nitrogens with one attached hydrogen (secondary N) is 1. The third kappa shape index (κ3) is 6.57. The standard InChI is InChI=1S/C28H28NO10P/c1-37-40(35,36)38-14-5-3-2-4-13-29-27(32)21-7-6-8-22(28(33)34)26(21)25-19-11-9-17(30)15-23(19)39-24-16-18(31)10-12-20(24)25/h6-12,15-16,30H,2-5,13-14H2,1H3,(H,29,32)(H,33,34)(H,35,36)/p-1. The largest absolute Gasteiger partial charge is 0.756 e. The molecule has 0 fully saturated rings. The number of unbranched alkanes of at least 4 members (excludes halogenated alkanes) is 3. The molecule has 2 aliphatic rings. The number of hydrogen-bond acceptors (Lipinski definition) is 9. The molecule has 1 heterocycles. The number of phosphoric acid groups is 1. The Morgan fingerprint density at radius 2 is 1.75 bits per heavy atom. The summed E-state index contributed by atoms with van der Waals surface area (Å²) in [6.07, 6.45) is 2.45. The van der Waals surface area contributed by atoms with Gasteiger partial charge >= 0.3 is 5.97 Å². The molecule has 1 atom stereocenters. The number of rotatable bonds is 12. The van der Waals surface area contributed by atoms with Gasteiger partial charge in [0.15, 0.2) is 5.43 Å². The number of aromatic carboxylic acids is 1. The second kappa shape index (κ2) is 12.4. The molecule has 40 heavy (non-hydrogen) atoms. The number of carboxylic acid groups (broad SMARTS) is 1. The summed E-state index contributed by atoms with van der Waals surface area (Å²) in [5.74, 6) is -1.65. The van der Waals surface area contributed by atoms with E-state index in [1.807, 2.05) is 0 Å². The Morgan fingerprint density at radius 3 is 2.50 bits per heavy atom. The fraction of sp³-hybridized carbons (Fsp3) is 0.250. The first-order valence-corrected chi connectivity index (χ1v) is 13.9. The zero-order valence-electron chi connectivity index (χ0n) is 21.5. The van der Waals surface area contributed by atoms with E-state index >= 15 is 0 Å². The van der Waals surface area contributed by atoms with Crippen molar-refractivity contribution in [3.8, 4) is 28.2 Å². The van der Waals surface area contributed by atoms with Crippen molar-refractivity contribution in [3.63, 3.8) is 0 Å². The summed E-state index contributed by atoms with van der Waals surface area (Å²) in [5, 5.41) is 23.3. The zero-order chi connectivity index (χ0) is 28.9. The molecule has 2 aromatic carbocycles. The molecule has 0 bridgehead atoms. The van der Waals surface area contributed by atoms with Crippen LogP contribution in [-0.2, 0) is 13.6 Å². The molecule has 210 valence electrons. The molecule has 1 aliphatic carbocycles. The highest BCUT2D eigenvalue weighted by Gasteiger charge is 2.26. The first kappa shape index (κ1) is 29.0. The van der Waals surface area contributed by atoms with Crippen molar-refractivity contribution in [2.45, 2.75) is 25.7 Å². The van der Waals surface area contributed by atoms with E-state index in [4.69, 9.17) is 4.42 Å². The van der Waals surface area contributed by atoms with Gasteiger partial charge in [0.25, 0.3) is 13.7 Å². The topological polar surface area (TPSA) is 175 Å². The van der Waals surface area contributed by atoms with E-state index in [1.165, 1.54) is 48.5 Å². The lowest BCUT2D eigenvalue weighted by molar-refractivity contribution is -0.223. The maximum atomic E-state index is 13.4. The molecule has 0 aromatic heterocycles. The number of carboxylic acids is 1. The Hall–Kier alpha value is -4.02. The van der Waals surface area contributed by atoms with Crippen LogP contribution in [0.5, 0.6) is 5.75 Å². The molecule has 11 nitrogen and oxygen atoms in total. The van der Waals surface area contributed by atoms with E-state index in [0.29, 0.717) is 48.7 Å². The third-order valence-corrected chi connectivity index (χ3v) is 7.24. The van der Waals surface area contributed by atoms with E-state index in [9.17, 15) is 34.1 Å². The van der Waals surface area contributed by atoms with Crippen LogP contribution in [-0.4, -0.2) is 42.4 Å². The number of hydrogen-bond donors (Lipinski definition) is 3. The smallest absolute Gasteiger partial charge is 0.336 e. The summed E-state index contributed by atoms with van der Waals surface area (Å²) in [5.41, 5.74) is 0.852. The Bertz CT molecular complexity index is 1630. The molecule has 12 heteroatoms. The summed E-state index contributed by atoms with van der Waals surface area (Å²) < 4.78 is 25.9. The van der Waals surface area contributed by atoms with Crippen LogP contribution < -0.4 is 15.6 Å². The summed E-state index contributed by atoms with van der Waals surface area (Å²) in [4.78, 5) is 48.9. The van der Waals surface area contributed by atoms with Gasteiger partial charge in [-0.3, -0.25) is 14.2 Å². The molecule has 0 saturated carbocycles. The first-order valence-electron chi connectivity index (χ1n) is 12.5. The number of carbonyl (C=O) groups is 2. The quantitative estimate of drug-likeness (QED) is 0.126. The number of benzene rings is 3. The summed E-state index contributed by atoms with van der Waals surface area (Å²) in [6.45, 7) is 0.302. The lowest BCUT2D eigenvalue weighted by atomic mass is 9.87. The summed E-state index contributed by atoms with van der Waals surface area (Å²) in [7, 11) is -3.22. The van der Waals surface area contributed by atoms with Crippen LogP contribution in [0, 0.1) is 0 Å². The van der Waals surface area contributed by atoms with Gasteiger partial charge in [0, 0.05) is 53.4 Å². The Labute approximate surface area is 228 Å². The highest BCUT2D eigenvalue weighted by Crippen LogP contribution is 2.43. The maximum Gasteiger partial charge on any atom is 0.336 e. The van der Waals surface area contributed by atoms with Gasteiger partial charge in [0.2, 0.25) is 0 Å². The van der Waals surface area contributed by atoms with Crippen LogP contribution in [0.2, 0.25) is 0 Å². The van der Waals surface area contributed by atoms with Crippen molar-refractivity contribution in [3.05, 3.63) is 75.9 Å². The van der Waals surface area contributed by atoms with Crippen LogP contribution in [0.25, 0.3) is 33.4 Å². The highest BCUT2D eigenvalue weighted by atomic mass is 31.2. The number of fused-ring (bicyclic) bond motifs is 2. The van der Waals surface area contributed by atoms with Crippen molar-refractivity contribution >= 4 is 30.7 Å². The van der Waals surface area contributed by atoms with E-state index in [0.717, 1.165) is 7.11 Å². The maximum absolute atomic E-state index is 13.4. The van der Waals surface area contributed by atoms with Gasteiger partial charge in [-0.2, -0.15) is 0 Å². The minimum Gasteiger partial charge on any atom is -0.756 e. The summed E-state index contributed by atoms with van der Waals surface area (Å²) in [6, 6.07) is 12.9. The van der Waals surface area contributed by atoms with Crippen molar-refractivity contribution < 1.29 is 42.7 Å². The van der Waals surface area contributed by atoms with Crippen LogP contribution in [0.15, 0.2) is 63.8 Å². The van der Waals surface area contributed by atoms with Crippen molar-refractivity contribution in [1.82, 2.24) is 5.32 Å². The molecule has 0 radical (unpaired) electrons. The molecule has 0 saturated heterocycles. The average molecular weight is 568 g/mol.